The van der Waals surface area contributed by atoms with Gasteiger partial charge in [0, 0.05) is 18.2 Å². The van der Waals surface area contributed by atoms with E-state index < -0.39 is 22.4 Å². The standard InChI is InChI=1S/C11H13F3N2O2/c1-7(15-2)5-8-3-4-9(16(17)18)6-10(8)11(12,13)14/h3-4,6-7,15H,5H2,1-2H3. The van der Waals surface area contributed by atoms with Gasteiger partial charge in [0.1, 0.15) is 0 Å². The molecule has 1 aromatic carbocycles. The van der Waals surface area contributed by atoms with Crippen LogP contribution in [0.3, 0.4) is 0 Å². The molecule has 0 spiro atoms. The van der Waals surface area contributed by atoms with E-state index in [-0.39, 0.29) is 18.0 Å². The van der Waals surface area contributed by atoms with Crippen molar-refractivity contribution >= 4 is 5.69 Å². The largest absolute Gasteiger partial charge is 0.416 e. The van der Waals surface area contributed by atoms with E-state index in [0.29, 0.717) is 6.07 Å². The van der Waals surface area contributed by atoms with Gasteiger partial charge in [-0.1, -0.05) is 6.07 Å². The molecule has 0 bridgehead atoms. The topological polar surface area (TPSA) is 55.2 Å². The van der Waals surface area contributed by atoms with E-state index in [9.17, 15) is 23.3 Å². The molecule has 1 atom stereocenters. The summed E-state index contributed by atoms with van der Waals surface area (Å²) >= 11 is 0. The van der Waals surface area contributed by atoms with Crippen molar-refractivity contribution in [3.63, 3.8) is 0 Å². The predicted molar refractivity (Wildman–Crippen MR) is 60.3 cm³/mol. The average molecular weight is 262 g/mol. The molecule has 1 N–H and O–H groups in total. The molecule has 0 saturated heterocycles. The summed E-state index contributed by atoms with van der Waals surface area (Å²) in [6.45, 7) is 1.74. The van der Waals surface area contributed by atoms with Crippen molar-refractivity contribution in [3.8, 4) is 0 Å². The third-order valence-corrected chi connectivity index (χ3v) is 2.63. The zero-order valence-electron chi connectivity index (χ0n) is 9.91. The summed E-state index contributed by atoms with van der Waals surface area (Å²) in [5.41, 5.74) is -1.45. The number of benzene rings is 1. The van der Waals surface area contributed by atoms with E-state index in [0.717, 1.165) is 12.1 Å². The number of nitrogens with zero attached hydrogens (tertiary/aromatic N) is 1. The molecule has 0 aliphatic heterocycles. The van der Waals surface area contributed by atoms with Gasteiger partial charge in [0.05, 0.1) is 10.5 Å². The van der Waals surface area contributed by atoms with Gasteiger partial charge >= 0.3 is 6.18 Å². The van der Waals surface area contributed by atoms with Crippen molar-refractivity contribution in [1.29, 1.82) is 0 Å². The Kier molecular flexibility index (Phi) is 4.28. The third kappa shape index (κ3) is 3.43. The van der Waals surface area contributed by atoms with Crippen LogP contribution in [0.25, 0.3) is 0 Å². The zero-order chi connectivity index (χ0) is 13.9. The lowest BCUT2D eigenvalue weighted by Crippen LogP contribution is -2.25. The fraction of sp³-hybridized carbons (Fsp3) is 0.455. The quantitative estimate of drug-likeness (QED) is 0.670. The van der Waals surface area contributed by atoms with Crippen LogP contribution in [-0.4, -0.2) is 18.0 Å². The predicted octanol–water partition coefficient (Wildman–Crippen LogP) is 2.76. The first kappa shape index (κ1) is 14.4. The molecule has 18 heavy (non-hydrogen) atoms. The molecule has 0 fully saturated rings. The number of nitrogens with one attached hydrogen (secondary N) is 1. The molecule has 0 amide bonds. The lowest BCUT2D eigenvalue weighted by molar-refractivity contribution is -0.385. The molecule has 1 aromatic rings. The van der Waals surface area contributed by atoms with Crippen molar-refractivity contribution < 1.29 is 18.1 Å². The van der Waals surface area contributed by atoms with E-state index in [1.807, 2.05) is 0 Å². The van der Waals surface area contributed by atoms with E-state index in [2.05, 4.69) is 5.32 Å². The normalized spacial score (nSPS) is 13.4. The van der Waals surface area contributed by atoms with Crippen LogP contribution in [0.2, 0.25) is 0 Å². The smallest absolute Gasteiger partial charge is 0.317 e. The summed E-state index contributed by atoms with van der Waals surface area (Å²) in [6, 6.07) is 2.69. The number of non-ortho nitro benzene ring substituents is 1. The maximum atomic E-state index is 12.8. The number of halogens is 3. The zero-order valence-corrected chi connectivity index (χ0v) is 9.91. The second-order valence-corrected chi connectivity index (χ2v) is 3.99. The number of rotatable bonds is 4. The van der Waals surface area contributed by atoms with E-state index in [4.69, 9.17) is 0 Å². The average Bonchev–Trinajstić information content (AvgIpc) is 2.27. The lowest BCUT2D eigenvalue weighted by Gasteiger charge is -2.15. The molecule has 7 heteroatoms. The number of nitro benzene ring substituents is 1. The summed E-state index contributed by atoms with van der Waals surface area (Å²) in [4.78, 5) is 9.66. The first-order valence-electron chi connectivity index (χ1n) is 5.27. The third-order valence-electron chi connectivity index (χ3n) is 2.63. The second kappa shape index (κ2) is 5.34. The minimum Gasteiger partial charge on any atom is -0.317 e. The molecule has 1 rings (SSSR count). The number of nitro groups is 1. The van der Waals surface area contributed by atoms with Gasteiger partial charge < -0.3 is 5.32 Å². The SMILES string of the molecule is CNC(C)Cc1ccc([N+](=O)[O-])cc1C(F)(F)F. The summed E-state index contributed by atoms with van der Waals surface area (Å²) in [7, 11) is 1.64. The van der Waals surface area contributed by atoms with Gasteiger partial charge in [0.2, 0.25) is 0 Å². The molecular formula is C11H13F3N2O2. The van der Waals surface area contributed by atoms with Crippen LogP contribution in [0.5, 0.6) is 0 Å². The molecule has 0 radical (unpaired) electrons. The monoisotopic (exact) mass is 262 g/mol. The van der Waals surface area contributed by atoms with Crippen molar-refractivity contribution in [1.82, 2.24) is 5.32 Å². The Balaban J connectivity index is 3.21. The van der Waals surface area contributed by atoms with Gasteiger partial charge in [0.15, 0.2) is 0 Å². The Bertz CT molecular complexity index is 446. The highest BCUT2D eigenvalue weighted by Gasteiger charge is 2.35. The van der Waals surface area contributed by atoms with Crippen LogP contribution in [0.1, 0.15) is 18.1 Å². The van der Waals surface area contributed by atoms with Crippen LogP contribution < -0.4 is 5.32 Å². The van der Waals surface area contributed by atoms with Crippen LogP contribution in [-0.2, 0) is 12.6 Å². The first-order valence-corrected chi connectivity index (χ1v) is 5.27. The molecule has 0 aliphatic carbocycles. The minimum atomic E-state index is -4.59. The van der Waals surface area contributed by atoms with Gasteiger partial charge in [-0.15, -0.1) is 0 Å². The molecule has 1 unspecified atom stereocenters. The van der Waals surface area contributed by atoms with Crippen LogP contribution in [0.15, 0.2) is 18.2 Å². The van der Waals surface area contributed by atoms with Crippen molar-refractivity contribution in [2.45, 2.75) is 25.6 Å². The van der Waals surface area contributed by atoms with Gasteiger partial charge in [-0.05, 0) is 26.0 Å². The number of alkyl halides is 3. The first-order chi connectivity index (χ1) is 8.25. The summed E-state index contributed by atoms with van der Waals surface area (Å²) < 4.78 is 38.4. The highest BCUT2D eigenvalue weighted by atomic mass is 19.4. The van der Waals surface area contributed by atoms with Gasteiger partial charge in [-0.25, -0.2) is 0 Å². The van der Waals surface area contributed by atoms with Gasteiger partial charge in [-0.3, -0.25) is 10.1 Å². The molecule has 0 aliphatic rings. The molecule has 0 heterocycles. The highest BCUT2D eigenvalue weighted by molar-refractivity contribution is 5.41. The van der Waals surface area contributed by atoms with Gasteiger partial charge in [-0.2, -0.15) is 13.2 Å². The Morgan fingerprint density at radius 2 is 2.06 bits per heavy atom. The minimum absolute atomic E-state index is 0.0509. The lowest BCUT2D eigenvalue weighted by atomic mass is 10.00. The van der Waals surface area contributed by atoms with Crippen molar-refractivity contribution in [2.75, 3.05) is 7.05 Å². The summed E-state index contributed by atoms with van der Waals surface area (Å²) in [5, 5.41) is 13.3. The molecule has 4 nitrogen and oxygen atoms in total. The summed E-state index contributed by atoms with van der Waals surface area (Å²) in [5.74, 6) is 0. The van der Waals surface area contributed by atoms with Gasteiger partial charge in [0.25, 0.3) is 5.69 Å². The Morgan fingerprint density at radius 3 is 2.50 bits per heavy atom. The number of hydrogen-bond acceptors (Lipinski definition) is 3. The van der Waals surface area contributed by atoms with E-state index in [1.165, 1.54) is 0 Å². The molecular weight excluding hydrogens is 249 g/mol. The number of hydrogen-bond donors (Lipinski definition) is 1. The van der Waals surface area contributed by atoms with Crippen LogP contribution in [0.4, 0.5) is 18.9 Å². The van der Waals surface area contributed by atoms with E-state index in [1.54, 1.807) is 14.0 Å². The Morgan fingerprint density at radius 1 is 1.44 bits per heavy atom. The molecule has 0 saturated carbocycles. The fourth-order valence-corrected chi connectivity index (χ4v) is 1.55. The van der Waals surface area contributed by atoms with Crippen LogP contribution in [0, 0.1) is 10.1 Å². The molecule has 0 aromatic heterocycles. The van der Waals surface area contributed by atoms with E-state index >= 15 is 0 Å². The highest BCUT2D eigenvalue weighted by Crippen LogP contribution is 2.34. The fourth-order valence-electron chi connectivity index (χ4n) is 1.55. The maximum Gasteiger partial charge on any atom is 0.416 e. The van der Waals surface area contributed by atoms with Crippen molar-refractivity contribution in [2.24, 2.45) is 0 Å². The van der Waals surface area contributed by atoms with Crippen LogP contribution >= 0.6 is 0 Å². The Hall–Kier alpha value is -1.63. The summed E-state index contributed by atoms with van der Waals surface area (Å²) in [6.07, 6.45) is -4.43. The molecule has 100 valence electrons. The van der Waals surface area contributed by atoms with Crippen molar-refractivity contribution in [3.05, 3.63) is 39.4 Å². The second-order valence-electron chi connectivity index (χ2n) is 3.99. The Labute approximate surface area is 102 Å². The maximum absolute atomic E-state index is 12.8. The number of likely N-dealkylation sites (N-methyl/N-ethyl adjacent to an activating group) is 1.